The number of anilines is 2. The SMILES string of the molecule is CCCS(=O)(=O)Nc1ccc(F)c(-n2cc(-c3cncc(N4CCN(C5CCOC5)CC4)c3)nn2)c1F. The van der Waals surface area contributed by atoms with Gasteiger partial charge in [-0.2, -0.15) is 0 Å². The molecule has 0 radical (unpaired) electrons. The molecule has 2 fully saturated rings. The van der Waals surface area contributed by atoms with E-state index >= 15 is 4.39 Å². The number of hydrogen-bond acceptors (Lipinski definition) is 8. The molecular formula is C24H29F2N7O3S. The third-order valence-electron chi connectivity index (χ3n) is 6.65. The Morgan fingerprint density at radius 3 is 2.70 bits per heavy atom. The van der Waals surface area contributed by atoms with Gasteiger partial charge in [0.25, 0.3) is 0 Å². The van der Waals surface area contributed by atoms with Gasteiger partial charge in [0.2, 0.25) is 10.0 Å². The van der Waals surface area contributed by atoms with Crippen LogP contribution in [-0.2, 0) is 14.8 Å². The van der Waals surface area contributed by atoms with Crippen molar-refractivity contribution in [2.24, 2.45) is 0 Å². The number of halogens is 2. The first kappa shape index (κ1) is 25.5. The molecule has 1 unspecified atom stereocenters. The smallest absolute Gasteiger partial charge is 0.232 e. The second-order valence-corrected chi connectivity index (χ2v) is 11.0. The molecule has 0 saturated carbocycles. The molecule has 5 rings (SSSR count). The molecule has 2 aliphatic rings. The first-order valence-corrected chi connectivity index (χ1v) is 13.9. The molecule has 2 aromatic heterocycles. The van der Waals surface area contributed by atoms with E-state index in [1.54, 1.807) is 19.3 Å². The Balaban J connectivity index is 1.34. The summed E-state index contributed by atoms with van der Waals surface area (Å²) >= 11 is 0. The van der Waals surface area contributed by atoms with Gasteiger partial charge >= 0.3 is 0 Å². The summed E-state index contributed by atoms with van der Waals surface area (Å²) in [5, 5.41) is 7.99. The van der Waals surface area contributed by atoms with Gasteiger partial charge in [0.05, 0.1) is 36.1 Å². The summed E-state index contributed by atoms with van der Waals surface area (Å²) < 4.78 is 62.6. The second-order valence-electron chi connectivity index (χ2n) is 9.20. The van der Waals surface area contributed by atoms with Crippen LogP contribution in [0, 0.1) is 11.6 Å². The monoisotopic (exact) mass is 533 g/mol. The Morgan fingerprint density at radius 1 is 1.16 bits per heavy atom. The number of hydrogen-bond donors (Lipinski definition) is 1. The highest BCUT2D eigenvalue weighted by Gasteiger charge is 2.27. The maximum atomic E-state index is 15.2. The fourth-order valence-electron chi connectivity index (χ4n) is 4.72. The van der Waals surface area contributed by atoms with E-state index in [1.165, 1.54) is 6.20 Å². The van der Waals surface area contributed by atoms with Crippen molar-refractivity contribution < 1.29 is 21.9 Å². The lowest BCUT2D eigenvalue weighted by atomic mass is 10.1. The number of rotatable bonds is 8. The van der Waals surface area contributed by atoms with Gasteiger partial charge in [-0.25, -0.2) is 21.9 Å². The molecule has 1 aromatic carbocycles. The molecule has 13 heteroatoms. The number of ether oxygens (including phenoxy) is 1. The summed E-state index contributed by atoms with van der Waals surface area (Å²) in [5.41, 5.74) is 1.09. The topological polar surface area (TPSA) is 105 Å². The molecule has 3 aromatic rings. The Labute approximate surface area is 214 Å². The first-order valence-electron chi connectivity index (χ1n) is 12.3. The molecule has 37 heavy (non-hydrogen) atoms. The largest absolute Gasteiger partial charge is 0.380 e. The zero-order valence-electron chi connectivity index (χ0n) is 20.5. The quantitative estimate of drug-likeness (QED) is 0.471. The fourth-order valence-corrected chi connectivity index (χ4v) is 5.85. The maximum Gasteiger partial charge on any atom is 0.232 e. The molecule has 1 atom stereocenters. The maximum absolute atomic E-state index is 15.2. The van der Waals surface area contributed by atoms with Crippen molar-refractivity contribution in [1.82, 2.24) is 24.9 Å². The molecule has 1 N–H and O–H groups in total. The lowest BCUT2D eigenvalue weighted by Gasteiger charge is -2.38. The number of nitrogens with one attached hydrogen (secondary N) is 1. The summed E-state index contributed by atoms with van der Waals surface area (Å²) in [7, 11) is -3.76. The van der Waals surface area contributed by atoms with Crippen LogP contribution in [0.25, 0.3) is 16.9 Å². The fraction of sp³-hybridized carbons (Fsp3) is 0.458. The van der Waals surface area contributed by atoms with E-state index in [0.717, 1.165) is 68.3 Å². The summed E-state index contributed by atoms with van der Waals surface area (Å²) in [6.07, 6.45) is 6.22. The van der Waals surface area contributed by atoms with Crippen LogP contribution in [-0.4, -0.2) is 84.5 Å². The van der Waals surface area contributed by atoms with Gasteiger partial charge in [-0.15, -0.1) is 5.10 Å². The predicted molar refractivity (Wildman–Crippen MR) is 135 cm³/mol. The number of sulfonamides is 1. The second kappa shape index (κ2) is 10.7. The molecule has 2 aliphatic heterocycles. The molecule has 0 aliphatic carbocycles. The zero-order chi connectivity index (χ0) is 26.0. The molecule has 198 valence electrons. The van der Waals surface area contributed by atoms with Crippen molar-refractivity contribution in [3.8, 4) is 16.9 Å². The highest BCUT2D eigenvalue weighted by molar-refractivity contribution is 7.92. The highest BCUT2D eigenvalue weighted by Crippen LogP contribution is 2.28. The van der Waals surface area contributed by atoms with Crippen molar-refractivity contribution in [3.05, 3.63) is 48.4 Å². The minimum atomic E-state index is -3.76. The van der Waals surface area contributed by atoms with Crippen LogP contribution < -0.4 is 9.62 Å². The van der Waals surface area contributed by atoms with E-state index in [2.05, 4.69) is 29.8 Å². The van der Waals surface area contributed by atoms with Gasteiger partial charge < -0.3 is 9.64 Å². The Morgan fingerprint density at radius 2 is 1.97 bits per heavy atom. The molecule has 0 spiro atoms. The van der Waals surface area contributed by atoms with Gasteiger partial charge in [0.15, 0.2) is 11.6 Å². The van der Waals surface area contributed by atoms with Crippen molar-refractivity contribution in [1.29, 1.82) is 0 Å². The van der Waals surface area contributed by atoms with Crippen molar-refractivity contribution >= 4 is 21.4 Å². The highest BCUT2D eigenvalue weighted by atomic mass is 32.2. The molecule has 4 heterocycles. The van der Waals surface area contributed by atoms with Crippen LogP contribution >= 0.6 is 0 Å². The Kier molecular flexibility index (Phi) is 7.36. The number of pyridine rings is 1. The van der Waals surface area contributed by atoms with Gasteiger partial charge in [-0.1, -0.05) is 12.1 Å². The average Bonchev–Trinajstić information content (AvgIpc) is 3.59. The standard InChI is InChI=1S/C24H29F2N7O3S/c1-2-11-37(34,35)29-21-4-3-20(25)24(23(21)26)33-15-22(28-30-33)17-12-19(14-27-13-17)32-8-6-31(7-9-32)18-5-10-36-16-18/h3-4,12-15,18,29H,2,5-11,16H2,1H3. The summed E-state index contributed by atoms with van der Waals surface area (Å²) in [5.74, 6) is -2.15. The third-order valence-corrected chi connectivity index (χ3v) is 8.13. The van der Waals surface area contributed by atoms with Crippen molar-refractivity contribution in [3.63, 3.8) is 0 Å². The lowest BCUT2D eigenvalue weighted by molar-refractivity contribution is 0.139. The normalized spacial score (nSPS) is 18.9. The van der Waals surface area contributed by atoms with E-state index in [-0.39, 0.29) is 11.4 Å². The summed E-state index contributed by atoms with van der Waals surface area (Å²) in [4.78, 5) is 9.06. The van der Waals surface area contributed by atoms with Gasteiger partial charge in [0, 0.05) is 50.6 Å². The van der Waals surface area contributed by atoms with E-state index in [4.69, 9.17) is 4.74 Å². The van der Waals surface area contributed by atoms with Crippen LogP contribution in [0.1, 0.15) is 19.8 Å². The summed E-state index contributed by atoms with van der Waals surface area (Å²) in [6.45, 7) is 6.89. The average molecular weight is 534 g/mol. The van der Waals surface area contributed by atoms with Crippen LogP contribution in [0.3, 0.4) is 0 Å². The van der Waals surface area contributed by atoms with Crippen LogP contribution in [0.4, 0.5) is 20.2 Å². The molecule has 0 bridgehead atoms. The Bertz CT molecular complexity index is 1350. The van der Waals surface area contributed by atoms with Crippen LogP contribution in [0.2, 0.25) is 0 Å². The van der Waals surface area contributed by atoms with E-state index in [0.29, 0.717) is 23.7 Å². The van der Waals surface area contributed by atoms with E-state index in [1.807, 2.05) is 6.07 Å². The predicted octanol–water partition coefficient (Wildman–Crippen LogP) is 2.67. The first-order chi connectivity index (χ1) is 17.8. The number of benzene rings is 1. The number of piperazine rings is 1. The molecular weight excluding hydrogens is 504 g/mol. The van der Waals surface area contributed by atoms with Crippen molar-refractivity contribution in [2.45, 2.75) is 25.8 Å². The van der Waals surface area contributed by atoms with Crippen molar-refractivity contribution in [2.75, 3.05) is 54.8 Å². The third kappa shape index (κ3) is 5.58. The van der Waals surface area contributed by atoms with Crippen LogP contribution in [0.15, 0.2) is 36.8 Å². The van der Waals surface area contributed by atoms with Gasteiger partial charge in [0.1, 0.15) is 11.4 Å². The van der Waals surface area contributed by atoms with Crippen LogP contribution in [0.5, 0.6) is 0 Å². The molecule has 0 amide bonds. The minimum Gasteiger partial charge on any atom is -0.380 e. The molecule has 10 nitrogen and oxygen atoms in total. The number of aromatic nitrogens is 4. The van der Waals surface area contributed by atoms with Gasteiger partial charge in [-0.05, 0) is 31.0 Å². The Hall–Kier alpha value is -3.16. The zero-order valence-corrected chi connectivity index (χ0v) is 21.3. The molecule has 2 saturated heterocycles. The van der Waals surface area contributed by atoms with E-state index < -0.39 is 27.3 Å². The minimum absolute atomic E-state index is 0.181. The summed E-state index contributed by atoms with van der Waals surface area (Å²) in [6, 6.07) is 4.45. The lowest BCUT2D eigenvalue weighted by Crippen LogP contribution is -2.50. The van der Waals surface area contributed by atoms with E-state index in [9.17, 15) is 12.8 Å². The van der Waals surface area contributed by atoms with Gasteiger partial charge in [-0.3, -0.25) is 14.6 Å². The number of nitrogens with zero attached hydrogens (tertiary/aromatic N) is 6.